The predicted molar refractivity (Wildman–Crippen MR) is 102 cm³/mol. The summed E-state index contributed by atoms with van der Waals surface area (Å²) in [7, 11) is 0. The molecule has 0 unspecified atom stereocenters. The highest BCUT2D eigenvalue weighted by Gasteiger charge is 2.20. The number of rotatable bonds is 6. The van der Waals surface area contributed by atoms with Gasteiger partial charge in [0.1, 0.15) is 5.56 Å². The molecule has 0 aliphatic heterocycles. The van der Waals surface area contributed by atoms with E-state index in [2.05, 4.69) is 10.4 Å². The Bertz CT molecular complexity index is 915. The summed E-state index contributed by atoms with van der Waals surface area (Å²) in [6.45, 7) is 1.96. The number of anilines is 1. The van der Waals surface area contributed by atoms with Gasteiger partial charge in [-0.2, -0.15) is 5.10 Å². The smallest absolute Gasteiger partial charge is 0.343 e. The Labute approximate surface area is 154 Å². The van der Waals surface area contributed by atoms with Crippen molar-refractivity contribution in [1.82, 2.24) is 9.78 Å². The number of benzene rings is 1. The standard InChI is InChI=1S/C19H17N3O3S/c1-2-25-19(24)16-13-20-22(14-7-4-3-5-8-14)18(16)21-17(23)11-10-15-9-6-12-26-15/h3-13H,2H2,1H3,(H,21,23)/b11-10+. The zero-order valence-corrected chi connectivity index (χ0v) is 14.9. The van der Waals surface area contributed by atoms with Crippen molar-refractivity contribution in [3.63, 3.8) is 0 Å². The summed E-state index contributed by atoms with van der Waals surface area (Å²) in [5.74, 6) is -0.621. The number of nitrogens with zero attached hydrogens (tertiary/aromatic N) is 2. The fourth-order valence-electron chi connectivity index (χ4n) is 2.29. The van der Waals surface area contributed by atoms with Crippen molar-refractivity contribution in [1.29, 1.82) is 0 Å². The van der Waals surface area contributed by atoms with Crippen molar-refractivity contribution in [2.75, 3.05) is 11.9 Å². The third-order valence-corrected chi connectivity index (χ3v) is 4.29. The van der Waals surface area contributed by atoms with Crippen LogP contribution in [-0.2, 0) is 9.53 Å². The summed E-state index contributed by atoms with van der Waals surface area (Å²) in [6, 6.07) is 13.1. The average Bonchev–Trinajstić information content (AvgIpc) is 3.31. The van der Waals surface area contributed by atoms with Crippen LogP contribution in [0.3, 0.4) is 0 Å². The number of ether oxygens (including phenoxy) is 1. The fourth-order valence-corrected chi connectivity index (χ4v) is 2.91. The van der Waals surface area contributed by atoms with Gasteiger partial charge in [-0.15, -0.1) is 11.3 Å². The molecule has 1 N–H and O–H groups in total. The van der Waals surface area contributed by atoms with Crippen molar-refractivity contribution in [2.45, 2.75) is 6.92 Å². The van der Waals surface area contributed by atoms with E-state index in [1.807, 2.05) is 47.8 Å². The van der Waals surface area contributed by atoms with Crippen LogP contribution in [0.25, 0.3) is 11.8 Å². The van der Waals surface area contributed by atoms with Gasteiger partial charge in [-0.1, -0.05) is 24.3 Å². The minimum atomic E-state index is -0.535. The summed E-state index contributed by atoms with van der Waals surface area (Å²) in [5.41, 5.74) is 0.925. The SMILES string of the molecule is CCOC(=O)c1cnn(-c2ccccc2)c1NC(=O)/C=C/c1cccs1. The molecule has 0 fully saturated rings. The van der Waals surface area contributed by atoms with E-state index in [0.29, 0.717) is 0 Å². The molecule has 0 spiro atoms. The lowest BCUT2D eigenvalue weighted by atomic mass is 10.3. The van der Waals surface area contributed by atoms with Gasteiger partial charge in [-0.3, -0.25) is 4.79 Å². The maximum atomic E-state index is 12.3. The second-order valence-corrected chi connectivity index (χ2v) is 6.19. The molecule has 3 aromatic rings. The Balaban J connectivity index is 1.90. The van der Waals surface area contributed by atoms with Gasteiger partial charge in [-0.25, -0.2) is 9.48 Å². The lowest BCUT2D eigenvalue weighted by molar-refractivity contribution is -0.111. The summed E-state index contributed by atoms with van der Waals surface area (Å²) < 4.78 is 6.56. The molecule has 0 saturated heterocycles. The van der Waals surface area contributed by atoms with Gasteiger partial charge in [0.25, 0.3) is 0 Å². The maximum Gasteiger partial charge on any atom is 0.343 e. The van der Waals surface area contributed by atoms with Gasteiger partial charge in [0.05, 0.1) is 18.5 Å². The summed E-state index contributed by atoms with van der Waals surface area (Å²) in [5, 5.41) is 8.90. The highest BCUT2D eigenvalue weighted by Crippen LogP contribution is 2.21. The topological polar surface area (TPSA) is 73.2 Å². The quantitative estimate of drug-likeness (QED) is 0.532. The molecule has 7 heteroatoms. The molecule has 0 radical (unpaired) electrons. The van der Waals surface area contributed by atoms with Crippen LogP contribution >= 0.6 is 11.3 Å². The lowest BCUT2D eigenvalue weighted by Crippen LogP contribution is -2.16. The summed E-state index contributed by atoms with van der Waals surface area (Å²) in [6.07, 6.45) is 4.53. The molecule has 0 bridgehead atoms. The molecule has 6 nitrogen and oxygen atoms in total. The number of esters is 1. The van der Waals surface area contributed by atoms with E-state index in [9.17, 15) is 9.59 Å². The number of carbonyl (C=O) groups is 2. The molecular formula is C19H17N3O3S. The average molecular weight is 367 g/mol. The predicted octanol–water partition coefficient (Wildman–Crippen LogP) is 3.76. The van der Waals surface area contributed by atoms with Crippen LogP contribution in [-0.4, -0.2) is 28.3 Å². The van der Waals surface area contributed by atoms with Gasteiger partial charge < -0.3 is 10.1 Å². The van der Waals surface area contributed by atoms with Crippen LogP contribution in [0.4, 0.5) is 5.82 Å². The molecular weight excluding hydrogens is 350 g/mol. The van der Waals surface area contributed by atoms with Crippen LogP contribution in [0.1, 0.15) is 22.2 Å². The number of carbonyl (C=O) groups excluding carboxylic acids is 2. The molecule has 26 heavy (non-hydrogen) atoms. The van der Waals surface area contributed by atoms with E-state index in [1.54, 1.807) is 13.0 Å². The van der Waals surface area contributed by atoms with Crippen LogP contribution in [0.5, 0.6) is 0 Å². The molecule has 1 amide bonds. The van der Waals surface area contributed by atoms with E-state index in [1.165, 1.54) is 28.3 Å². The zero-order valence-electron chi connectivity index (χ0n) is 14.1. The molecule has 132 valence electrons. The Morgan fingerprint density at radius 1 is 1.23 bits per heavy atom. The van der Waals surface area contributed by atoms with Crippen molar-refractivity contribution < 1.29 is 14.3 Å². The van der Waals surface area contributed by atoms with Crippen molar-refractivity contribution >= 4 is 35.1 Å². The number of amides is 1. The third kappa shape index (κ3) is 4.07. The van der Waals surface area contributed by atoms with Gasteiger partial charge in [0, 0.05) is 11.0 Å². The van der Waals surface area contributed by atoms with Crippen LogP contribution in [0.15, 0.2) is 60.1 Å². The molecule has 1 aromatic carbocycles. The van der Waals surface area contributed by atoms with E-state index >= 15 is 0 Å². The molecule has 0 aliphatic carbocycles. The lowest BCUT2D eigenvalue weighted by Gasteiger charge is -2.09. The van der Waals surface area contributed by atoms with Crippen molar-refractivity contribution in [2.24, 2.45) is 0 Å². The third-order valence-electron chi connectivity index (χ3n) is 3.45. The van der Waals surface area contributed by atoms with Crippen LogP contribution in [0, 0.1) is 0 Å². The molecule has 0 saturated carbocycles. The number of aromatic nitrogens is 2. The van der Waals surface area contributed by atoms with Gasteiger partial charge >= 0.3 is 5.97 Å². The van der Waals surface area contributed by atoms with Gasteiger partial charge in [0.15, 0.2) is 5.82 Å². The second-order valence-electron chi connectivity index (χ2n) is 5.21. The highest BCUT2D eigenvalue weighted by atomic mass is 32.1. The number of hydrogen-bond acceptors (Lipinski definition) is 5. The second kappa shape index (κ2) is 8.26. The van der Waals surface area contributed by atoms with Gasteiger partial charge in [-0.05, 0) is 36.6 Å². The number of hydrogen-bond donors (Lipinski definition) is 1. The Hall–Kier alpha value is -3.19. The Morgan fingerprint density at radius 3 is 2.73 bits per heavy atom. The summed E-state index contributed by atoms with van der Waals surface area (Å²) in [4.78, 5) is 25.5. The highest BCUT2D eigenvalue weighted by molar-refractivity contribution is 7.10. The normalized spacial score (nSPS) is 10.8. The Morgan fingerprint density at radius 2 is 2.04 bits per heavy atom. The number of nitrogens with one attached hydrogen (secondary N) is 1. The van der Waals surface area contributed by atoms with Gasteiger partial charge in [0.2, 0.25) is 5.91 Å². The number of para-hydroxylation sites is 1. The monoisotopic (exact) mass is 367 g/mol. The fraction of sp³-hybridized carbons (Fsp3) is 0.105. The van der Waals surface area contributed by atoms with Crippen LogP contribution in [0.2, 0.25) is 0 Å². The van der Waals surface area contributed by atoms with E-state index in [4.69, 9.17) is 4.74 Å². The minimum absolute atomic E-state index is 0.202. The minimum Gasteiger partial charge on any atom is -0.462 e. The van der Waals surface area contributed by atoms with Crippen molar-refractivity contribution in [3.05, 3.63) is 70.6 Å². The largest absolute Gasteiger partial charge is 0.462 e. The molecule has 0 aliphatic rings. The Kier molecular flexibility index (Phi) is 5.60. The van der Waals surface area contributed by atoms with Crippen LogP contribution < -0.4 is 5.32 Å². The first-order valence-electron chi connectivity index (χ1n) is 8.02. The first-order valence-corrected chi connectivity index (χ1v) is 8.90. The zero-order chi connectivity index (χ0) is 18.4. The van der Waals surface area contributed by atoms with E-state index < -0.39 is 5.97 Å². The maximum absolute atomic E-state index is 12.3. The van der Waals surface area contributed by atoms with E-state index in [0.717, 1.165) is 10.6 Å². The number of thiophene rings is 1. The van der Waals surface area contributed by atoms with E-state index in [-0.39, 0.29) is 23.9 Å². The first-order chi connectivity index (χ1) is 12.7. The molecule has 2 heterocycles. The molecule has 3 rings (SSSR count). The van der Waals surface area contributed by atoms with Crippen molar-refractivity contribution in [3.8, 4) is 5.69 Å². The molecule has 0 atom stereocenters. The molecule has 2 aromatic heterocycles. The summed E-state index contributed by atoms with van der Waals surface area (Å²) >= 11 is 1.53. The first kappa shape index (κ1) is 17.6.